The number of methoxy groups -OCH3 is 1. The Hall–Kier alpha value is -4.95. The summed E-state index contributed by atoms with van der Waals surface area (Å²) in [5.74, 6) is 1.89. The minimum atomic E-state index is -0.325. The highest BCUT2D eigenvalue weighted by Crippen LogP contribution is 2.38. The molecule has 11 heteroatoms. The van der Waals surface area contributed by atoms with Crippen molar-refractivity contribution in [3.05, 3.63) is 66.6 Å². The average Bonchev–Trinajstić information content (AvgIpc) is 3.26. The van der Waals surface area contributed by atoms with Gasteiger partial charge in [0.1, 0.15) is 17.4 Å². The molecule has 4 rings (SSSR count). The minimum absolute atomic E-state index is 0.325. The molecule has 11 nitrogen and oxygen atoms in total. The van der Waals surface area contributed by atoms with Crippen LogP contribution in [0.3, 0.4) is 0 Å². The van der Waals surface area contributed by atoms with E-state index in [-0.39, 0.29) is 5.91 Å². The number of anilines is 4. The van der Waals surface area contributed by atoms with Crippen LogP contribution >= 0.6 is 0 Å². The molecule has 2 heterocycles. The second-order valence-electron chi connectivity index (χ2n) is 9.16. The zero-order chi connectivity index (χ0) is 28.1. The smallest absolute Gasteiger partial charge is 0.247 e. The van der Waals surface area contributed by atoms with Gasteiger partial charge in [-0.05, 0) is 57.4 Å². The Bertz CT molecular complexity index is 1570. The second-order valence-corrected chi connectivity index (χ2v) is 9.16. The average molecular weight is 526 g/mol. The van der Waals surface area contributed by atoms with Crippen LogP contribution in [0.1, 0.15) is 11.4 Å². The quantitative estimate of drug-likeness (QED) is 0.297. The van der Waals surface area contributed by atoms with Crippen LogP contribution in [0.25, 0.3) is 16.9 Å². The highest BCUT2D eigenvalue weighted by molar-refractivity contribution is 6.02. The van der Waals surface area contributed by atoms with Crippen LogP contribution < -0.4 is 20.3 Å². The Morgan fingerprint density at radius 3 is 2.64 bits per heavy atom. The first-order chi connectivity index (χ1) is 18.7. The van der Waals surface area contributed by atoms with Gasteiger partial charge in [-0.3, -0.25) is 9.36 Å². The van der Waals surface area contributed by atoms with Crippen molar-refractivity contribution < 1.29 is 9.53 Å². The lowest BCUT2D eigenvalue weighted by molar-refractivity contribution is -0.111. The number of carbonyl (C=O) groups excluding carboxylic acids is 1. The summed E-state index contributed by atoms with van der Waals surface area (Å²) >= 11 is 0. The van der Waals surface area contributed by atoms with Crippen LogP contribution in [0.5, 0.6) is 5.75 Å². The monoisotopic (exact) mass is 525 g/mol. The molecule has 0 aliphatic heterocycles. The summed E-state index contributed by atoms with van der Waals surface area (Å²) < 4.78 is 7.59. The van der Waals surface area contributed by atoms with Gasteiger partial charge in [-0.25, -0.2) is 9.97 Å². The second kappa shape index (κ2) is 11.6. The topological polar surface area (TPSA) is 124 Å². The summed E-state index contributed by atoms with van der Waals surface area (Å²) in [4.78, 5) is 30.1. The summed E-state index contributed by atoms with van der Waals surface area (Å²) in [5, 5.41) is 15.4. The molecule has 0 aliphatic rings. The Kier molecular flexibility index (Phi) is 8.07. The van der Waals surface area contributed by atoms with E-state index in [2.05, 4.69) is 38.1 Å². The number of hydrogen-bond acceptors (Lipinski definition) is 9. The first kappa shape index (κ1) is 27.1. The summed E-state index contributed by atoms with van der Waals surface area (Å²) in [6, 6.07) is 12.9. The van der Waals surface area contributed by atoms with Crippen LogP contribution in [0.2, 0.25) is 0 Å². The van der Waals surface area contributed by atoms with E-state index in [4.69, 9.17) is 9.72 Å². The molecule has 2 aromatic heterocycles. The van der Waals surface area contributed by atoms with Gasteiger partial charge in [0.25, 0.3) is 0 Å². The Morgan fingerprint density at radius 1 is 1.15 bits per heavy atom. The third-order valence-corrected chi connectivity index (χ3v) is 6.12. The fourth-order valence-electron chi connectivity index (χ4n) is 4.12. The lowest BCUT2D eigenvalue weighted by Gasteiger charge is -2.26. The number of hydrogen-bond donors (Lipinski definition) is 2. The van der Waals surface area contributed by atoms with E-state index in [0.29, 0.717) is 40.0 Å². The highest BCUT2D eigenvalue weighted by atomic mass is 16.5. The van der Waals surface area contributed by atoms with Gasteiger partial charge in [-0.1, -0.05) is 6.58 Å². The van der Waals surface area contributed by atoms with Crippen molar-refractivity contribution in [2.45, 2.75) is 6.92 Å². The minimum Gasteiger partial charge on any atom is -0.494 e. The van der Waals surface area contributed by atoms with Crippen LogP contribution in [-0.2, 0) is 4.79 Å². The molecule has 4 aromatic rings. The summed E-state index contributed by atoms with van der Waals surface area (Å²) in [6.07, 6.45) is 2.88. The number of nitrogens with one attached hydrogen (secondary N) is 2. The van der Waals surface area contributed by atoms with Crippen LogP contribution in [0.4, 0.5) is 23.0 Å². The first-order valence-corrected chi connectivity index (χ1v) is 12.2. The predicted molar refractivity (Wildman–Crippen MR) is 153 cm³/mol. The van der Waals surface area contributed by atoms with Crippen LogP contribution in [0.15, 0.2) is 55.3 Å². The number of carbonyl (C=O) groups is 1. The van der Waals surface area contributed by atoms with Crippen molar-refractivity contribution in [3.63, 3.8) is 0 Å². The van der Waals surface area contributed by atoms with E-state index >= 15 is 0 Å². The molecule has 200 valence electrons. The van der Waals surface area contributed by atoms with Gasteiger partial charge in [0.05, 0.1) is 46.8 Å². The fourth-order valence-corrected chi connectivity index (χ4v) is 4.12. The molecule has 0 unspecified atom stereocenters. The first-order valence-electron chi connectivity index (χ1n) is 12.2. The number of nitriles is 1. The number of aromatic nitrogens is 4. The van der Waals surface area contributed by atoms with Crippen molar-refractivity contribution >= 4 is 40.0 Å². The maximum Gasteiger partial charge on any atom is 0.247 e. The van der Waals surface area contributed by atoms with E-state index in [1.807, 2.05) is 49.7 Å². The van der Waals surface area contributed by atoms with Gasteiger partial charge in [0.2, 0.25) is 11.9 Å². The van der Waals surface area contributed by atoms with Crippen molar-refractivity contribution in [2.24, 2.45) is 0 Å². The molecular weight excluding hydrogens is 494 g/mol. The number of fused-ring (bicyclic) bond motifs is 1. The molecule has 39 heavy (non-hydrogen) atoms. The number of benzene rings is 2. The number of imidazole rings is 1. The molecule has 0 aliphatic carbocycles. The van der Waals surface area contributed by atoms with Crippen molar-refractivity contribution in [3.8, 4) is 17.6 Å². The van der Waals surface area contributed by atoms with E-state index in [1.165, 1.54) is 6.08 Å². The van der Waals surface area contributed by atoms with Crippen molar-refractivity contribution in [1.82, 2.24) is 24.4 Å². The SMILES string of the molecule is C=CC(=O)Nc1cc(Nc2nccc(-n3c(C)nc4cc(C#N)ccc43)n2)c(OC)cc1N(C)CCN(C)C. The normalized spacial score (nSPS) is 10.8. The zero-order valence-electron chi connectivity index (χ0n) is 22.7. The largest absolute Gasteiger partial charge is 0.494 e. The van der Waals surface area contributed by atoms with E-state index in [1.54, 1.807) is 37.6 Å². The molecular formula is C28H31N9O2. The number of nitrogens with zero attached hydrogens (tertiary/aromatic N) is 7. The van der Waals surface area contributed by atoms with Gasteiger partial charge in [-0.15, -0.1) is 0 Å². The molecule has 0 atom stereocenters. The third kappa shape index (κ3) is 5.97. The number of amides is 1. The Balaban J connectivity index is 1.72. The number of likely N-dealkylation sites (N-methyl/N-ethyl adjacent to an activating group) is 2. The molecule has 0 spiro atoms. The molecule has 0 saturated carbocycles. The van der Waals surface area contributed by atoms with Crippen molar-refractivity contribution in [2.75, 3.05) is 56.9 Å². The van der Waals surface area contributed by atoms with E-state index in [9.17, 15) is 10.1 Å². The van der Waals surface area contributed by atoms with E-state index < -0.39 is 0 Å². The van der Waals surface area contributed by atoms with E-state index in [0.717, 1.165) is 30.1 Å². The molecule has 1 amide bonds. The van der Waals surface area contributed by atoms with Gasteiger partial charge in [0.15, 0.2) is 0 Å². The van der Waals surface area contributed by atoms with Crippen molar-refractivity contribution in [1.29, 1.82) is 5.26 Å². The molecule has 2 N–H and O–H groups in total. The van der Waals surface area contributed by atoms with Gasteiger partial charge < -0.3 is 25.2 Å². The van der Waals surface area contributed by atoms with Gasteiger partial charge in [-0.2, -0.15) is 10.2 Å². The predicted octanol–water partition coefficient (Wildman–Crippen LogP) is 3.87. The molecule has 0 saturated heterocycles. The van der Waals surface area contributed by atoms with Crippen LogP contribution in [-0.4, -0.2) is 71.7 Å². The molecule has 0 radical (unpaired) electrons. The zero-order valence-corrected chi connectivity index (χ0v) is 22.7. The maximum atomic E-state index is 12.2. The standard InChI is InChI=1S/C28H31N9O2/c1-7-27(38)32-21-15-22(25(39-6)16-24(21)36(5)13-12-35(3)4)33-28-30-11-10-26(34-28)37-18(2)31-20-14-19(17-29)8-9-23(20)37/h7-11,14-16H,1,12-13H2,2-6H3,(H,32,38)(H,30,33,34). The molecule has 0 fully saturated rings. The lowest BCUT2D eigenvalue weighted by atomic mass is 10.2. The third-order valence-electron chi connectivity index (χ3n) is 6.12. The highest BCUT2D eigenvalue weighted by Gasteiger charge is 2.17. The summed E-state index contributed by atoms with van der Waals surface area (Å²) in [7, 11) is 7.56. The summed E-state index contributed by atoms with van der Waals surface area (Å²) in [5.41, 5.74) is 4.03. The van der Waals surface area contributed by atoms with Gasteiger partial charge >= 0.3 is 0 Å². The molecule has 2 aromatic carbocycles. The Labute approximate surface area is 227 Å². The molecule has 0 bridgehead atoms. The number of ether oxygens (including phenoxy) is 1. The van der Waals surface area contributed by atoms with Gasteiger partial charge in [0, 0.05) is 32.4 Å². The van der Waals surface area contributed by atoms with Crippen LogP contribution in [0, 0.1) is 18.3 Å². The fraction of sp³-hybridized carbons (Fsp3) is 0.250. The number of aryl methyl sites for hydroxylation is 1. The summed E-state index contributed by atoms with van der Waals surface area (Å²) in [6.45, 7) is 7.01. The Morgan fingerprint density at radius 2 is 1.95 bits per heavy atom. The lowest BCUT2D eigenvalue weighted by Crippen LogP contribution is -2.29. The maximum absolute atomic E-state index is 12.2. The number of rotatable bonds is 10.